The van der Waals surface area contributed by atoms with E-state index in [1.54, 1.807) is 7.11 Å². The third-order valence-electron chi connectivity index (χ3n) is 1.62. The van der Waals surface area contributed by atoms with Gasteiger partial charge < -0.3 is 19.5 Å². The number of methoxy groups -OCH3 is 1. The van der Waals surface area contributed by atoms with Crippen LogP contribution in [-0.2, 0) is 6.61 Å². The lowest BCUT2D eigenvalue weighted by atomic mass is 10.2. The molecule has 0 atom stereocenters. The van der Waals surface area contributed by atoms with Crippen molar-refractivity contribution in [1.82, 2.24) is 0 Å². The van der Waals surface area contributed by atoms with Crippen molar-refractivity contribution >= 4 is 7.69 Å². The van der Waals surface area contributed by atoms with Crippen molar-refractivity contribution in [2.24, 2.45) is 0 Å². The normalized spacial score (nSPS) is 11.0. The fourth-order valence-electron chi connectivity index (χ4n) is 1.08. The van der Waals surface area contributed by atoms with Gasteiger partial charge in [0.25, 0.3) is 0 Å². The van der Waals surface area contributed by atoms with E-state index in [0.29, 0.717) is 6.61 Å². The van der Waals surface area contributed by atoms with Crippen molar-refractivity contribution in [3.05, 3.63) is 23.8 Å². The smallest absolute Gasteiger partial charge is 0.432 e. The molecule has 2 bridgehead atoms. The highest BCUT2D eigenvalue weighted by molar-refractivity contribution is 6.13. The summed E-state index contributed by atoms with van der Waals surface area (Å²) in [7, 11) is 0.900. The molecule has 0 saturated carbocycles. The minimum atomic E-state index is -0.750. The molecule has 0 radical (unpaired) electrons. The Balaban J connectivity index is 0.000000251. The summed E-state index contributed by atoms with van der Waals surface area (Å²) in [5, 5.41) is 14.2. The van der Waals surface area contributed by atoms with Crippen LogP contribution in [0.4, 0.5) is 0 Å². The highest BCUT2D eigenvalue weighted by Crippen LogP contribution is 2.32. The van der Waals surface area contributed by atoms with E-state index in [1.807, 2.05) is 18.2 Å². The zero-order valence-corrected chi connectivity index (χ0v) is 7.36. The number of hydrogen-bond acceptors (Lipinski definition) is 4. The molecule has 0 spiro atoms. The molecule has 5 heteroatoms. The standard InChI is InChI=1S/C8H8O2.BH3O2/c1-9-8-4-6-2-3-7(8)10-5-6;2-1-3/h2-4H,5H2,1H3;1-3H. The number of fused-ring (bicyclic) bond motifs is 3. The van der Waals surface area contributed by atoms with Crippen LogP contribution >= 0.6 is 0 Å². The van der Waals surface area contributed by atoms with Crippen molar-refractivity contribution in [1.29, 1.82) is 0 Å². The van der Waals surface area contributed by atoms with E-state index < -0.39 is 7.69 Å². The average Bonchev–Trinajstić information content (AvgIpc) is 2.20. The number of rotatable bonds is 1. The lowest BCUT2D eigenvalue weighted by Crippen LogP contribution is -2.03. The van der Waals surface area contributed by atoms with Gasteiger partial charge in [0, 0.05) is 0 Å². The lowest BCUT2D eigenvalue weighted by Gasteiger charge is -2.17. The van der Waals surface area contributed by atoms with Crippen LogP contribution in [0.25, 0.3) is 0 Å². The summed E-state index contributed by atoms with van der Waals surface area (Å²) in [5.41, 5.74) is 1.17. The van der Waals surface area contributed by atoms with Gasteiger partial charge in [-0.1, -0.05) is 6.07 Å². The van der Waals surface area contributed by atoms with E-state index in [2.05, 4.69) is 0 Å². The first kappa shape index (κ1) is 9.89. The zero-order valence-electron chi connectivity index (χ0n) is 7.36. The van der Waals surface area contributed by atoms with Crippen LogP contribution < -0.4 is 9.47 Å². The van der Waals surface area contributed by atoms with Gasteiger partial charge in [0.1, 0.15) is 6.61 Å². The Morgan fingerprint density at radius 1 is 1.46 bits per heavy atom. The van der Waals surface area contributed by atoms with Crippen LogP contribution in [0.1, 0.15) is 5.56 Å². The largest absolute Gasteiger partial charge is 0.493 e. The molecule has 0 fully saturated rings. The van der Waals surface area contributed by atoms with Crippen molar-refractivity contribution < 1.29 is 19.5 Å². The van der Waals surface area contributed by atoms with Crippen molar-refractivity contribution in [3.63, 3.8) is 0 Å². The highest BCUT2D eigenvalue weighted by atomic mass is 16.5. The van der Waals surface area contributed by atoms with E-state index in [9.17, 15) is 0 Å². The Bertz CT molecular complexity index is 277. The molecule has 0 unspecified atom stereocenters. The molecule has 0 saturated heterocycles. The Kier molecular flexibility index (Phi) is 3.61. The summed E-state index contributed by atoms with van der Waals surface area (Å²) < 4.78 is 10.3. The maximum atomic E-state index is 7.12. The lowest BCUT2D eigenvalue weighted by molar-refractivity contribution is 0.269. The molecule has 4 nitrogen and oxygen atoms in total. The van der Waals surface area contributed by atoms with Crippen molar-refractivity contribution in [2.75, 3.05) is 7.11 Å². The fourth-order valence-corrected chi connectivity index (χ4v) is 1.08. The first-order valence-corrected chi connectivity index (χ1v) is 3.83. The Morgan fingerprint density at radius 2 is 2.15 bits per heavy atom. The average molecular weight is 182 g/mol. The molecule has 0 aliphatic carbocycles. The second-order valence-electron chi connectivity index (χ2n) is 2.42. The van der Waals surface area contributed by atoms with Gasteiger partial charge >= 0.3 is 7.69 Å². The monoisotopic (exact) mass is 182 g/mol. The van der Waals surface area contributed by atoms with Crippen LogP contribution in [-0.4, -0.2) is 24.8 Å². The van der Waals surface area contributed by atoms with Crippen LogP contribution in [0.3, 0.4) is 0 Å². The molecule has 0 amide bonds. The molecule has 1 aromatic rings. The Labute approximate surface area is 77.0 Å². The van der Waals surface area contributed by atoms with E-state index in [1.165, 1.54) is 5.56 Å². The molecule has 2 aliphatic rings. The molecule has 2 heterocycles. The fraction of sp³-hybridized carbons (Fsp3) is 0.250. The molecule has 1 aromatic carbocycles. The van der Waals surface area contributed by atoms with Gasteiger partial charge in [-0.3, -0.25) is 0 Å². The third kappa shape index (κ3) is 2.37. The first-order valence-electron chi connectivity index (χ1n) is 3.83. The van der Waals surface area contributed by atoms with Gasteiger partial charge in [0.2, 0.25) is 0 Å². The third-order valence-corrected chi connectivity index (χ3v) is 1.62. The van der Waals surface area contributed by atoms with E-state index in [0.717, 1.165) is 11.5 Å². The van der Waals surface area contributed by atoms with E-state index in [-0.39, 0.29) is 0 Å². The van der Waals surface area contributed by atoms with Crippen LogP contribution in [0.15, 0.2) is 18.2 Å². The van der Waals surface area contributed by atoms with Gasteiger partial charge in [0.15, 0.2) is 11.5 Å². The molecule has 70 valence electrons. The molecule has 2 N–H and O–H groups in total. The summed E-state index contributed by atoms with van der Waals surface area (Å²) in [6, 6.07) is 5.97. The summed E-state index contributed by atoms with van der Waals surface area (Å²) in [6.07, 6.45) is 0. The minimum Gasteiger partial charge on any atom is -0.493 e. The Hall–Kier alpha value is -1.20. The molecule has 2 aliphatic heterocycles. The summed E-state index contributed by atoms with van der Waals surface area (Å²) in [5.74, 6) is 1.68. The molecule has 3 rings (SSSR count). The van der Waals surface area contributed by atoms with Crippen molar-refractivity contribution in [3.8, 4) is 11.5 Å². The predicted octanol–water partition coefficient (Wildman–Crippen LogP) is -0.175. The topological polar surface area (TPSA) is 58.9 Å². The maximum Gasteiger partial charge on any atom is 0.432 e. The van der Waals surface area contributed by atoms with Gasteiger partial charge in [-0.15, -0.1) is 0 Å². The van der Waals surface area contributed by atoms with Gasteiger partial charge in [-0.25, -0.2) is 0 Å². The number of ether oxygens (including phenoxy) is 2. The summed E-state index contributed by atoms with van der Waals surface area (Å²) in [4.78, 5) is 0. The van der Waals surface area contributed by atoms with Gasteiger partial charge in [-0.05, 0) is 17.7 Å². The summed E-state index contributed by atoms with van der Waals surface area (Å²) >= 11 is 0. The minimum absolute atomic E-state index is 0.693. The molecule has 13 heavy (non-hydrogen) atoms. The number of hydrogen-bond donors (Lipinski definition) is 2. The second kappa shape index (κ2) is 4.74. The molecule has 0 aromatic heterocycles. The van der Waals surface area contributed by atoms with E-state index >= 15 is 0 Å². The first-order chi connectivity index (χ1) is 6.31. The summed E-state index contributed by atoms with van der Waals surface area (Å²) in [6.45, 7) is 0.693. The highest BCUT2D eigenvalue weighted by Gasteiger charge is 2.11. The van der Waals surface area contributed by atoms with Crippen LogP contribution in [0.2, 0.25) is 0 Å². The van der Waals surface area contributed by atoms with Crippen LogP contribution in [0, 0.1) is 0 Å². The second-order valence-corrected chi connectivity index (χ2v) is 2.42. The Morgan fingerprint density at radius 3 is 2.38 bits per heavy atom. The SMILES string of the molecule is COc1cc2ccc1OC2.OBO. The predicted molar refractivity (Wildman–Crippen MR) is 48.9 cm³/mol. The number of benzene rings is 1. The van der Waals surface area contributed by atoms with E-state index in [4.69, 9.17) is 19.5 Å². The van der Waals surface area contributed by atoms with Gasteiger partial charge in [0.05, 0.1) is 7.11 Å². The van der Waals surface area contributed by atoms with Crippen LogP contribution in [0.5, 0.6) is 11.5 Å². The molecular formula is C8H11BO4. The quantitative estimate of drug-likeness (QED) is 0.591. The molecular weight excluding hydrogens is 171 g/mol. The van der Waals surface area contributed by atoms with Crippen molar-refractivity contribution in [2.45, 2.75) is 6.61 Å². The van der Waals surface area contributed by atoms with Gasteiger partial charge in [-0.2, -0.15) is 0 Å². The maximum absolute atomic E-state index is 7.12. The zero-order chi connectivity index (χ0) is 9.68.